The number of nitrogens with one attached hydrogen (secondary N) is 2. The number of carbonyl (C=O) groups excluding carboxylic acids is 1. The van der Waals surface area contributed by atoms with Crippen molar-refractivity contribution >= 4 is 16.8 Å². The van der Waals surface area contributed by atoms with Crippen LogP contribution in [0, 0.1) is 6.92 Å². The molecule has 1 aromatic heterocycles. The van der Waals surface area contributed by atoms with Gasteiger partial charge in [0.15, 0.2) is 0 Å². The Morgan fingerprint density at radius 3 is 2.87 bits per heavy atom. The Labute approximate surface area is 135 Å². The van der Waals surface area contributed by atoms with E-state index in [1.807, 2.05) is 25.1 Å². The molecule has 3 aromatic rings. The normalized spacial score (nSPS) is 16.5. The van der Waals surface area contributed by atoms with Crippen LogP contribution in [-0.4, -0.2) is 10.9 Å². The molecule has 1 amide bonds. The minimum absolute atomic E-state index is 0.0968. The minimum atomic E-state index is 0.0968. The highest BCUT2D eigenvalue weighted by Crippen LogP contribution is 2.31. The number of aromatic amines is 1. The third kappa shape index (κ3) is 2.52. The van der Waals surface area contributed by atoms with Crippen LogP contribution in [0.15, 0.2) is 48.5 Å². The van der Waals surface area contributed by atoms with Crippen molar-refractivity contribution in [2.75, 3.05) is 0 Å². The van der Waals surface area contributed by atoms with Gasteiger partial charge in [0, 0.05) is 16.6 Å². The van der Waals surface area contributed by atoms with Gasteiger partial charge in [-0.2, -0.15) is 0 Å². The van der Waals surface area contributed by atoms with Gasteiger partial charge in [-0.1, -0.05) is 42.5 Å². The molecule has 0 saturated carbocycles. The molecule has 0 fully saturated rings. The number of para-hydroxylation sites is 1. The molecule has 0 radical (unpaired) electrons. The van der Waals surface area contributed by atoms with E-state index in [0.717, 1.165) is 35.0 Å². The Hall–Kier alpha value is -2.55. The Bertz CT molecular complexity index is 878. The Kier molecular flexibility index (Phi) is 3.41. The number of hydrogen-bond acceptors (Lipinski definition) is 1. The highest BCUT2D eigenvalue weighted by atomic mass is 16.1. The quantitative estimate of drug-likeness (QED) is 0.759. The first-order chi connectivity index (χ1) is 11.2. The molecule has 2 N–H and O–H groups in total. The summed E-state index contributed by atoms with van der Waals surface area (Å²) in [6.45, 7) is 2.04. The van der Waals surface area contributed by atoms with Crippen LogP contribution in [0.1, 0.15) is 34.8 Å². The average Bonchev–Trinajstić information content (AvgIpc) is 3.10. The number of H-pyrrole nitrogens is 1. The SMILES string of the molecule is Cc1[nH]c2ccccc2c1CC(=O)N[C@@H]1CCc2ccccc21. The molecule has 4 rings (SSSR count). The van der Waals surface area contributed by atoms with Crippen molar-refractivity contribution < 1.29 is 4.79 Å². The summed E-state index contributed by atoms with van der Waals surface area (Å²) in [6.07, 6.45) is 2.47. The van der Waals surface area contributed by atoms with Crippen molar-refractivity contribution in [3.63, 3.8) is 0 Å². The third-order valence-electron chi connectivity index (χ3n) is 4.83. The zero-order chi connectivity index (χ0) is 15.8. The topological polar surface area (TPSA) is 44.9 Å². The van der Waals surface area contributed by atoms with Crippen molar-refractivity contribution in [1.82, 2.24) is 10.3 Å². The van der Waals surface area contributed by atoms with Crippen LogP contribution < -0.4 is 5.32 Å². The number of rotatable bonds is 3. The minimum Gasteiger partial charge on any atom is -0.358 e. The maximum atomic E-state index is 12.5. The highest BCUT2D eigenvalue weighted by Gasteiger charge is 2.23. The summed E-state index contributed by atoms with van der Waals surface area (Å²) in [5, 5.41) is 4.36. The first-order valence-corrected chi connectivity index (χ1v) is 8.16. The van der Waals surface area contributed by atoms with Gasteiger partial charge in [-0.05, 0) is 42.5 Å². The lowest BCUT2D eigenvalue weighted by Crippen LogP contribution is -2.28. The fourth-order valence-corrected chi connectivity index (χ4v) is 3.68. The van der Waals surface area contributed by atoms with Gasteiger partial charge >= 0.3 is 0 Å². The summed E-state index contributed by atoms with van der Waals surface area (Å²) in [6, 6.07) is 16.7. The lowest BCUT2D eigenvalue weighted by atomic mass is 10.1. The zero-order valence-corrected chi connectivity index (χ0v) is 13.2. The van der Waals surface area contributed by atoms with Gasteiger partial charge in [-0.15, -0.1) is 0 Å². The van der Waals surface area contributed by atoms with Crippen LogP contribution >= 0.6 is 0 Å². The molecule has 1 atom stereocenters. The van der Waals surface area contributed by atoms with Crippen LogP contribution in [0.5, 0.6) is 0 Å². The monoisotopic (exact) mass is 304 g/mol. The molecule has 0 unspecified atom stereocenters. The lowest BCUT2D eigenvalue weighted by Gasteiger charge is -2.14. The molecular weight excluding hydrogens is 284 g/mol. The highest BCUT2D eigenvalue weighted by molar-refractivity contribution is 5.90. The van der Waals surface area contributed by atoms with E-state index < -0.39 is 0 Å². The number of aromatic nitrogens is 1. The van der Waals surface area contributed by atoms with Crippen LogP contribution in [-0.2, 0) is 17.6 Å². The molecule has 1 aliphatic rings. The number of fused-ring (bicyclic) bond motifs is 2. The molecule has 2 aromatic carbocycles. The van der Waals surface area contributed by atoms with Gasteiger partial charge in [0.05, 0.1) is 12.5 Å². The van der Waals surface area contributed by atoms with E-state index in [0.29, 0.717) is 6.42 Å². The van der Waals surface area contributed by atoms with E-state index >= 15 is 0 Å². The predicted molar refractivity (Wildman–Crippen MR) is 92.4 cm³/mol. The fourth-order valence-electron chi connectivity index (χ4n) is 3.68. The van der Waals surface area contributed by atoms with E-state index in [1.54, 1.807) is 0 Å². The summed E-state index contributed by atoms with van der Waals surface area (Å²) >= 11 is 0. The molecule has 3 heteroatoms. The standard InChI is InChI=1S/C20H20N2O/c1-13-17(16-8-4-5-9-18(16)21-13)12-20(23)22-19-11-10-14-6-2-3-7-15(14)19/h2-9,19,21H,10-12H2,1H3,(H,22,23)/t19-/m1/s1. The van der Waals surface area contributed by atoms with Crippen molar-refractivity contribution in [2.45, 2.75) is 32.2 Å². The molecule has 116 valence electrons. The second-order valence-corrected chi connectivity index (χ2v) is 6.31. The van der Waals surface area contributed by atoms with Crippen molar-refractivity contribution in [1.29, 1.82) is 0 Å². The number of amides is 1. The Morgan fingerprint density at radius 2 is 1.96 bits per heavy atom. The average molecular weight is 304 g/mol. The first kappa shape index (κ1) is 14.1. The molecular formula is C20H20N2O. The van der Waals surface area contributed by atoms with Gasteiger partial charge in [-0.3, -0.25) is 4.79 Å². The van der Waals surface area contributed by atoms with Crippen LogP contribution in [0.2, 0.25) is 0 Å². The van der Waals surface area contributed by atoms with Crippen molar-refractivity contribution in [2.24, 2.45) is 0 Å². The molecule has 0 saturated heterocycles. The third-order valence-corrected chi connectivity index (χ3v) is 4.83. The molecule has 23 heavy (non-hydrogen) atoms. The Morgan fingerprint density at radius 1 is 1.17 bits per heavy atom. The van der Waals surface area contributed by atoms with E-state index in [9.17, 15) is 4.79 Å². The predicted octanol–water partition coefficient (Wildman–Crippen LogP) is 3.82. The molecule has 0 bridgehead atoms. The first-order valence-electron chi connectivity index (χ1n) is 8.16. The lowest BCUT2D eigenvalue weighted by molar-refractivity contribution is -0.121. The second kappa shape index (κ2) is 5.58. The summed E-state index contributed by atoms with van der Waals surface area (Å²) in [5.74, 6) is 0.0968. The van der Waals surface area contributed by atoms with Gasteiger partial charge in [0.2, 0.25) is 5.91 Å². The zero-order valence-electron chi connectivity index (χ0n) is 13.2. The van der Waals surface area contributed by atoms with Gasteiger partial charge in [0.25, 0.3) is 0 Å². The van der Waals surface area contributed by atoms with E-state index in [1.165, 1.54) is 11.1 Å². The summed E-state index contributed by atoms with van der Waals surface area (Å²) in [4.78, 5) is 15.9. The van der Waals surface area contributed by atoms with Crippen LogP contribution in [0.25, 0.3) is 10.9 Å². The van der Waals surface area contributed by atoms with Gasteiger partial charge < -0.3 is 10.3 Å². The summed E-state index contributed by atoms with van der Waals surface area (Å²) < 4.78 is 0. The van der Waals surface area contributed by atoms with Crippen LogP contribution in [0.4, 0.5) is 0 Å². The summed E-state index contributed by atoms with van der Waals surface area (Å²) in [7, 11) is 0. The van der Waals surface area contributed by atoms with Crippen LogP contribution in [0.3, 0.4) is 0 Å². The maximum absolute atomic E-state index is 12.5. The molecule has 0 spiro atoms. The van der Waals surface area contributed by atoms with E-state index in [2.05, 4.69) is 40.6 Å². The number of benzene rings is 2. The molecule has 0 aliphatic heterocycles. The Balaban J connectivity index is 1.53. The number of carbonyl (C=O) groups is 1. The van der Waals surface area contributed by atoms with Gasteiger partial charge in [-0.25, -0.2) is 0 Å². The van der Waals surface area contributed by atoms with Crippen molar-refractivity contribution in [3.8, 4) is 0 Å². The molecule has 1 aliphatic carbocycles. The summed E-state index contributed by atoms with van der Waals surface area (Å²) in [5.41, 5.74) is 5.91. The van der Waals surface area contributed by atoms with E-state index in [4.69, 9.17) is 0 Å². The van der Waals surface area contributed by atoms with E-state index in [-0.39, 0.29) is 11.9 Å². The molecule has 3 nitrogen and oxygen atoms in total. The number of hydrogen-bond donors (Lipinski definition) is 2. The second-order valence-electron chi connectivity index (χ2n) is 6.31. The largest absolute Gasteiger partial charge is 0.358 e. The molecule has 1 heterocycles. The van der Waals surface area contributed by atoms with Crippen molar-refractivity contribution in [3.05, 3.63) is 70.9 Å². The smallest absolute Gasteiger partial charge is 0.224 e. The van der Waals surface area contributed by atoms with Gasteiger partial charge in [0.1, 0.15) is 0 Å². The fraction of sp³-hybridized carbons (Fsp3) is 0.250. The number of aryl methyl sites for hydroxylation is 2. The maximum Gasteiger partial charge on any atom is 0.224 e.